The molecule has 0 bridgehead atoms. The molecule has 0 N–H and O–H groups in total. The van der Waals surface area contributed by atoms with Crippen molar-refractivity contribution in [2.45, 2.75) is 44.9 Å². The van der Waals surface area contributed by atoms with Crippen LogP contribution in [-0.2, 0) is 23.9 Å². The van der Waals surface area contributed by atoms with Crippen LogP contribution in [0.2, 0.25) is 0 Å². The zero-order valence-corrected chi connectivity index (χ0v) is 14.7. The Kier molecular flexibility index (Phi) is 9.24. The van der Waals surface area contributed by atoms with Gasteiger partial charge in [0.15, 0.2) is 0 Å². The third-order valence-corrected chi connectivity index (χ3v) is 3.01. The first-order chi connectivity index (χ1) is 9.72. The quantitative estimate of drug-likeness (QED) is 0.354. The van der Waals surface area contributed by atoms with Gasteiger partial charge in [0.1, 0.15) is 17.5 Å². The Bertz CT molecular complexity index is 365. The van der Waals surface area contributed by atoms with E-state index in [0.717, 1.165) is 0 Å². The molecule has 0 unspecified atom stereocenters. The number of ether oxygens (including phenoxy) is 2. The molecule has 0 radical (unpaired) electrons. The molecule has 0 aromatic heterocycles. The third kappa shape index (κ3) is 8.70. The lowest BCUT2D eigenvalue weighted by atomic mass is 10.2. The van der Waals surface area contributed by atoms with Gasteiger partial charge in [0.2, 0.25) is 5.91 Å². The molecule has 6 nitrogen and oxygen atoms in total. The maximum atomic E-state index is 11.5. The van der Waals surface area contributed by atoms with Gasteiger partial charge in [-0.2, -0.15) is 0 Å². The molecule has 0 aliphatic heterocycles. The van der Waals surface area contributed by atoms with E-state index in [1.165, 1.54) is 0 Å². The van der Waals surface area contributed by atoms with E-state index in [2.05, 4.69) is 15.9 Å². The average molecular weight is 366 g/mol. The fourth-order valence-corrected chi connectivity index (χ4v) is 1.56. The zero-order chi connectivity index (χ0) is 16.5. The van der Waals surface area contributed by atoms with E-state index in [0.29, 0.717) is 19.5 Å². The van der Waals surface area contributed by atoms with Crippen molar-refractivity contribution in [1.82, 2.24) is 4.90 Å². The van der Waals surface area contributed by atoms with Gasteiger partial charge >= 0.3 is 11.9 Å². The second kappa shape index (κ2) is 9.76. The summed E-state index contributed by atoms with van der Waals surface area (Å²) in [6.07, 6.45) is 0.554. The van der Waals surface area contributed by atoms with Crippen LogP contribution in [0.15, 0.2) is 0 Å². The van der Waals surface area contributed by atoms with E-state index < -0.39 is 16.3 Å². The van der Waals surface area contributed by atoms with Crippen LogP contribution in [0.1, 0.15) is 40.5 Å². The Labute approximate surface area is 134 Å². The molecule has 0 aliphatic carbocycles. The van der Waals surface area contributed by atoms with Gasteiger partial charge in [0, 0.05) is 19.5 Å². The van der Waals surface area contributed by atoms with Gasteiger partial charge < -0.3 is 14.4 Å². The minimum Gasteiger partial charge on any atom is -0.462 e. The lowest BCUT2D eigenvalue weighted by molar-refractivity contribution is -0.153. The summed E-state index contributed by atoms with van der Waals surface area (Å²) in [6.45, 7) is 7.93. The summed E-state index contributed by atoms with van der Waals surface area (Å²) in [5.41, 5.74) is 0. The van der Waals surface area contributed by atoms with Crippen LogP contribution in [0.25, 0.3) is 0 Å². The minimum atomic E-state index is -0.751. The topological polar surface area (TPSA) is 72.9 Å². The fraction of sp³-hybridized carbons (Fsp3) is 0.786. The zero-order valence-electron chi connectivity index (χ0n) is 13.1. The normalized spacial score (nSPS) is 10.9. The van der Waals surface area contributed by atoms with Crippen molar-refractivity contribution in [3.8, 4) is 0 Å². The molecule has 1 amide bonds. The highest BCUT2D eigenvalue weighted by molar-refractivity contribution is 9.10. The predicted octanol–water partition coefficient (Wildman–Crippen LogP) is 1.89. The number of alkyl halides is 1. The molecule has 0 fully saturated rings. The molecule has 122 valence electrons. The standard InChI is InChI=1S/C14H24BrNO5/c1-5-11(17)16(6-2)8-7-12(18)20-9-10-21-13(19)14(3,4)15/h5-10H2,1-4H3. The van der Waals surface area contributed by atoms with Gasteiger partial charge in [0.25, 0.3) is 0 Å². The average Bonchev–Trinajstić information content (AvgIpc) is 2.42. The molecule has 0 spiro atoms. The van der Waals surface area contributed by atoms with Crippen molar-refractivity contribution < 1.29 is 23.9 Å². The second-order valence-corrected chi connectivity index (χ2v) is 6.89. The lowest BCUT2D eigenvalue weighted by Gasteiger charge is -2.19. The highest BCUT2D eigenvalue weighted by Crippen LogP contribution is 2.17. The Hall–Kier alpha value is -1.11. The first-order valence-corrected chi connectivity index (χ1v) is 7.81. The molecule has 0 aromatic rings. The van der Waals surface area contributed by atoms with E-state index in [9.17, 15) is 14.4 Å². The smallest absolute Gasteiger partial charge is 0.322 e. The summed E-state index contributed by atoms with van der Waals surface area (Å²) >= 11 is 3.17. The van der Waals surface area contributed by atoms with Crippen molar-refractivity contribution in [3.63, 3.8) is 0 Å². The van der Waals surface area contributed by atoms with Gasteiger partial charge in [-0.05, 0) is 20.8 Å². The van der Waals surface area contributed by atoms with Crippen molar-refractivity contribution in [1.29, 1.82) is 0 Å². The SMILES string of the molecule is CCC(=O)N(CC)CCC(=O)OCCOC(=O)C(C)(C)Br. The molecular weight excluding hydrogens is 342 g/mol. The molecule has 21 heavy (non-hydrogen) atoms. The molecule has 7 heteroatoms. The number of esters is 2. The van der Waals surface area contributed by atoms with E-state index in [-0.39, 0.29) is 25.5 Å². The largest absolute Gasteiger partial charge is 0.462 e. The van der Waals surface area contributed by atoms with Gasteiger partial charge in [0.05, 0.1) is 6.42 Å². The first-order valence-electron chi connectivity index (χ1n) is 7.01. The number of rotatable bonds is 9. The van der Waals surface area contributed by atoms with Gasteiger partial charge in [-0.15, -0.1) is 0 Å². The number of amides is 1. The lowest BCUT2D eigenvalue weighted by Crippen LogP contribution is -2.32. The van der Waals surface area contributed by atoms with Crippen LogP contribution < -0.4 is 0 Å². The highest BCUT2D eigenvalue weighted by atomic mass is 79.9. The Morgan fingerprint density at radius 2 is 1.67 bits per heavy atom. The van der Waals surface area contributed by atoms with Crippen molar-refractivity contribution in [2.75, 3.05) is 26.3 Å². The number of hydrogen-bond acceptors (Lipinski definition) is 5. The summed E-state index contributed by atoms with van der Waals surface area (Å²) in [5.74, 6) is -0.811. The molecule has 0 rings (SSSR count). The number of halogens is 1. The van der Waals surface area contributed by atoms with E-state index in [1.807, 2.05) is 6.92 Å². The van der Waals surface area contributed by atoms with Crippen LogP contribution in [0.3, 0.4) is 0 Å². The van der Waals surface area contributed by atoms with Crippen LogP contribution in [0.4, 0.5) is 0 Å². The predicted molar refractivity (Wildman–Crippen MR) is 82.1 cm³/mol. The fourth-order valence-electron chi connectivity index (χ4n) is 1.44. The summed E-state index contributed by atoms with van der Waals surface area (Å²) < 4.78 is 9.12. The first kappa shape index (κ1) is 19.9. The molecule has 0 aliphatic rings. The Morgan fingerprint density at radius 1 is 1.10 bits per heavy atom. The Balaban J connectivity index is 3.86. The van der Waals surface area contributed by atoms with Gasteiger partial charge in [-0.3, -0.25) is 14.4 Å². The number of nitrogens with zero attached hydrogens (tertiary/aromatic N) is 1. The molecule has 0 atom stereocenters. The summed E-state index contributed by atoms with van der Waals surface area (Å²) in [6, 6.07) is 0. The maximum absolute atomic E-state index is 11.5. The van der Waals surface area contributed by atoms with E-state index in [1.54, 1.807) is 25.7 Å². The number of carbonyl (C=O) groups is 3. The monoisotopic (exact) mass is 365 g/mol. The molecular formula is C14H24BrNO5. The third-order valence-electron chi connectivity index (χ3n) is 2.69. The number of carbonyl (C=O) groups excluding carboxylic acids is 3. The van der Waals surface area contributed by atoms with Crippen LogP contribution >= 0.6 is 15.9 Å². The van der Waals surface area contributed by atoms with Crippen molar-refractivity contribution in [2.24, 2.45) is 0 Å². The summed E-state index contributed by atoms with van der Waals surface area (Å²) in [5, 5.41) is 0. The molecule has 0 saturated carbocycles. The van der Waals surface area contributed by atoms with Crippen molar-refractivity contribution >= 4 is 33.8 Å². The highest BCUT2D eigenvalue weighted by Gasteiger charge is 2.25. The second-order valence-electron chi connectivity index (χ2n) is 4.91. The van der Waals surface area contributed by atoms with Gasteiger partial charge in [-0.25, -0.2) is 0 Å². The summed E-state index contributed by atoms with van der Waals surface area (Å²) in [7, 11) is 0. The van der Waals surface area contributed by atoms with E-state index >= 15 is 0 Å². The van der Waals surface area contributed by atoms with Gasteiger partial charge in [-0.1, -0.05) is 22.9 Å². The summed E-state index contributed by atoms with van der Waals surface area (Å²) in [4.78, 5) is 36.0. The van der Waals surface area contributed by atoms with Crippen LogP contribution in [-0.4, -0.2) is 53.4 Å². The maximum Gasteiger partial charge on any atom is 0.322 e. The molecule has 0 heterocycles. The minimum absolute atomic E-state index is 0.0128. The number of hydrogen-bond donors (Lipinski definition) is 0. The van der Waals surface area contributed by atoms with Crippen LogP contribution in [0, 0.1) is 0 Å². The Morgan fingerprint density at radius 3 is 2.14 bits per heavy atom. The molecule has 0 saturated heterocycles. The van der Waals surface area contributed by atoms with Crippen molar-refractivity contribution in [3.05, 3.63) is 0 Å². The van der Waals surface area contributed by atoms with E-state index in [4.69, 9.17) is 9.47 Å². The van der Waals surface area contributed by atoms with Crippen LogP contribution in [0.5, 0.6) is 0 Å². The molecule has 0 aromatic carbocycles.